The molecule has 0 bridgehead atoms. The van der Waals surface area contributed by atoms with Crippen LogP contribution in [-0.2, 0) is 22.6 Å². The lowest BCUT2D eigenvalue weighted by molar-refractivity contribution is 0.0242. The van der Waals surface area contributed by atoms with Gasteiger partial charge in [-0.2, -0.15) is 0 Å². The zero-order valence-corrected chi connectivity index (χ0v) is 16.1. The van der Waals surface area contributed by atoms with Crippen LogP contribution >= 0.6 is 0 Å². The average Bonchev–Trinajstić information content (AvgIpc) is 3.11. The second-order valence-electron chi connectivity index (χ2n) is 7.34. The number of rotatable bonds is 6. The Morgan fingerprint density at radius 2 is 1.92 bits per heavy atom. The number of hydrogen-bond donors (Lipinski definition) is 2. The topological polar surface area (TPSA) is 58.1 Å². The molecule has 0 spiro atoms. The van der Waals surface area contributed by atoms with Crippen LogP contribution in [0.25, 0.3) is 0 Å². The Kier molecular flexibility index (Phi) is 6.88. The van der Waals surface area contributed by atoms with E-state index in [1.165, 1.54) is 11.1 Å². The smallest absolute Gasteiger partial charge is 0.191 e. The Labute approximate surface area is 157 Å². The average molecular weight is 361 g/mol. The van der Waals surface area contributed by atoms with E-state index in [0.717, 1.165) is 71.3 Å². The molecular weight excluding hydrogens is 328 g/mol. The van der Waals surface area contributed by atoms with Gasteiger partial charge in [-0.05, 0) is 30.9 Å². The summed E-state index contributed by atoms with van der Waals surface area (Å²) in [4.78, 5) is 6.80. The summed E-state index contributed by atoms with van der Waals surface area (Å²) in [6.45, 7) is 9.21. The fraction of sp³-hybridized carbons (Fsp3) is 0.650. The number of guanidine groups is 1. The minimum Gasteiger partial charge on any atom is -0.379 e. The standard InChI is InChI=1S/C20H32N4O2/c1-20(8-5-11-26-20)16-23-19(21-2)22-14-17-6-3-4-7-18(17)15-24-9-12-25-13-10-24/h3-4,6-7H,5,8-16H2,1-2H3,(H2,21,22,23). The van der Waals surface area contributed by atoms with Crippen molar-refractivity contribution in [3.05, 3.63) is 35.4 Å². The van der Waals surface area contributed by atoms with Crippen LogP contribution in [0.5, 0.6) is 0 Å². The molecule has 2 fully saturated rings. The quantitative estimate of drug-likeness (QED) is 0.598. The fourth-order valence-electron chi connectivity index (χ4n) is 3.53. The van der Waals surface area contributed by atoms with Gasteiger partial charge in [0.15, 0.2) is 5.96 Å². The van der Waals surface area contributed by atoms with Crippen molar-refractivity contribution in [3.63, 3.8) is 0 Å². The molecule has 1 atom stereocenters. The molecule has 26 heavy (non-hydrogen) atoms. The van der Waals surface area contributed by atoms with Gasteiger partial charge in [0, 0.05) is 46.4 Å². The summed E-state index contributed by atoms with van der Waals surface area (Å²) in [6, 6.07) is 8.63. The molecule has 2 aliphatic heterocycles. The van der Waals surface area contributed by atoms with E-state index in [4.69, 9.17) is 9.47 Å². The molecular formula is C20H32N4O2. The number of hydrogen-bond acceptors (Lipinski definition) is 4. The lowest BCUT2D eigenvalue weighted by Crippen LogP contribution is -2.45. The van der Waals surface area contributed by atoms with Gasteiger partial charge in [-0.25, -0.2) is 0 Å². The maximum absolute atomic E-state index is 5.84. The van der Waals surface area contributed by atoms with Crippen molar-refractivity contribution < 1.29 is 9.47 Å². The minimum absolute atomic E-state index is 0.0775. The van der Waals surface area contributed by atoms with Crippen LogP contribution in [0, 0.1) is 0 Å². The molecule has 1 aromatic rings. The van der Waals surface area contributed by atoms with Gasteiger partial charge in [0.25, 0.3) is 0 Å². The Hall–Kier alpha value is -1.63. The van der Waals surface area contributed by atoms with Crippen LogP contribution in [-0.4, -0.2) is 63.0 Å². The van der Waals surface area contributed by atoms with E-state index in [1.54, 1.807) is 0 Å². The summed E-state index contributed by atoms with van der Waals surface area (Å²) in [7, 11) is 1.81. The summed E-state index contributed by atoms with van der Waals surface area (Å²) in [5.74, 6) is 0.822. The molecule has 2 heterocycles. The van der Waals surface area contributed by atoms with Crippen LogP contribution < -0.4 is 10.6 Å². The highest BCUT2D eigenvalue weighted by atomic mass is 16.5. The molecule has 144 valence electrons. The lowest BCUT2D eigenvalue weighted by Gasteiger charge is -2.27. The predicted molar refractivity (Wildman–Crippen MR) is 104 cm³/mol. The Morgan fingerprint density at radius 1 is 1.15 bits per heavy atom. The van der Waals surface area contributed by atoms with E-state index >= 15 is 0 Å². The number of benzene rings is 1. The van der Waals surface area contributed by atoms with Crippen molar-refractivity contribution >= 4 is 5.96 Å². The third-order valence-electron chi connectivity index (χ3n) is 5.22. The molecule has 3 rings (SSSR count). The van der Waals surface area contributed by atoms with Crippen LogP contribution in [0.1, 0.15) is 30.9 Å². The zero-order chi connectivity index (χ0) is 18.2. The van der Waals surface area contributed by atoms with Crippen LogP contribution in [0.3, 0.4) is 0 Å². The molecule has 2 N–H and O–H groups in total. The van der Waals surface area contributed by atoms with Gasteiger partial charge in [-0.1, -0.05) is 24.3 Å². The first-order chi connectivity index (χ1) is 12.7. The summed E-state index contributed by atoms with van der Waals surface area (Å²) in [5, 5.41) is 6.85. The summed E-state index contributed by atoms with van der Waals surface area (Å²) in [5.41, 5.74) is 2.60. The maximum atomic E-state index is 5.84. The van der Waals surface area contributed by atoms with Crippen molar-refractivity contribution in [3.8, 4) is 0 Å². The molecule has 2 saturated heterocycles. The van der Waals surface area contributed by atoms with E-state index in [9.17, 15) is 0 Å². The second-order valence-corrected chi connectivity index (χ2v) is 7.34. The largest absolute Gasteiger partial charge is 0.379 e. The van der Waals surface area contributed by atoms with Crippen LogP contribution in [0.4, 0.5) is 0 Å². The second kappa shape index (κ2) is 9.35. The first kappa shape index (κ1) is 19.1. The van der Waals surface area contributed by atoms with Gasteiger partial charge in [-0.15, -0.1) is 0 Å². The van der Waals surface area contributed by atoms with E-state index in [0.29, 0.717) is 0 Å². The number of ether oxygens (including phenoxy) is 2. The van der Waals surface area contributed by atoms with E-state index < -0.39 is 0 Å². The highest BCUT2D eigenvalue weighted by Gasteiger charge is 2.29. The van der Waals surface area contributed by atoms with Crippen LogP contribution in [0.15, 0.2) is 29.3 Å². The SMILES string of the molecule is CN=C(NCc1ccccc1CN1CCOCC1)NCC1(C)CCCO1. The molecule has 0 radical (unpaired) electrons. The van der Waals surface area contributed by atoms with Crippen LogP contribution in [0.2, 0.25) is 0 Å². The monoisotopic (exact) mass is 360 g/mol. The van der Waals surface area contributed by atoms with Gasteiger partial charge < -0.3 is 20.1 Å². The molecule has 0 aromatic heterocycles. The maximum Gasteiger partial charge on any atom is 0.191 e. The van der Waals surface area contributed by atoms with E-state index in [-0.39, 0.29) is 5.60 Å². The Balaban J connectivity index is 1.52. The molecule has 0 aliphatic carbocycles. The molecule has 2 aliphatic rings. The van der Waals surface area contributed by atoms with Crippen molar-refractivity contribution in [2.75, 3.05) is 46.5 Å². The zero-order valence-electron chi connectivity index (χ0n) is 16.1. The lowest BCUT2D eigenvalue weighted by atomic mass is 10.0. The number of nitrogens with zero attached hydrogens (tertiary/aromatic N) is 2. The molecule has 1 aromatic carbocycles. The normalized spacial score (nSPS) is 24.6. The van der Waals surface area contributed by atoms with Gasteiger partial charge in [0.1, 0.15) is 0 Å². The number of aliphatic imine (C=N–C) groups is 1. The highest BCUT2D eigenvalue weighted by Crippen LogP contribution is 2.23. The summed E-state index contributed by atoms with van der Waals surface area (Å²) in [6.07, 6.45) is 2.23. The highest BCUT2D eigenvalue weighted by molar-refractivity contribution is 5.79. The van der Waals surface area contributed by atoms with Gasteiger partial charge in [-0.3, -0.25) is 9.89 Å². The Morgan fingerprint density at radius 3 is 2.62 bits per heavy atom. The van der Waals surface area contributed by atoms with Gasteiger partial charge in [0.2, 0.25) is 0 Å². The Bertz CT molecular complexity index is 593. The summed E-state index contributed by atoms with van der Waals surface area (Å²) < 4.78 is 11.3. The number of morpholine rings is 1. The van der Waals surface area contributed by atoms with Crippen molar-refractivity contribution in [2.24, 2.45) is 4.99 Å². The predicted octanol–water partition coefficient (Wildman–Crippen LogP) is 1.75. The molecule has 0 saturated carbocycles. The first-order valence-corrected chi connectivity index (χ1v) is 9.64. The van der Waals surface area contributed by atoms with E-state index in [2.05, 4.69) is 51.7 Å². The first-order valence-electron chi connectivity index (χ1n) is 9.64. The van der Waals surface area contributed by atoms with E-state index in [1.807, 2.05) is 7.05 Å². The third kappa shape index (κ3) is 5.43. The minimum atomic E-state index is -0.0775. The summed E-state index contributed by atoms with van der Waals surface area (Å²) >= 11 is 0. The molecule has 1 unspecified atom stereocenters. The van der Waals surface area contributed by atoms with Crippen molar-refractivity contribution in [1.29, 1.82) is 0 Å². The van der Waals surface area contributed by atoms with Gasteiger partial charge in [0.05, 0.1) is 18.8 Å². The molecule has 6 nitrogen and oxygen atoms in total. The number of nitrogens with one attached hydrogen (secondary N) is 2. The van der Waals surface area contributed by atoms with Crippen molar-refractivity contribution in [1.82, 2.24) is 15.5 Å². The fourth-order valence-corrected chi connectivity index (χ4v) is 3.53. The molecule has 0 amide bonds. The van der Waals surface area contributed by atoms with Gasteiger partial charge >= 0.3 is 0 Å². The molecule has 6 heteroatoms. The third-order valence-corrected chi connectivity index (χ3v) is 5.22. The van der Waals surface area contributed by atoms with Crippen molar-refractivity contribution in [2.45, 2.75) is 38.5 Å².